The van der Waals surface area contributed by atoms with Gasteiger partial charge in [0.15, 0.2) is 0 Å². The second kappa shape index (κ2) is 9.14. The lowest BCUT2D eigenvalue weighted by Crippen LogP contribution is -2.53. The second-order valence-corrected chi connectivity index (χ2v) is 8.58. The molecular weight excluding hydrogens is 350 g/mol. The third kappa shape index (κ3) is 4.78. The van der Waals surface area contributed by atoms with Gasteiger partial charge in [0.1, 0.15) is 0 Å². The number of piperazine rings is 2. The third-order valence-corrected chi connectivity index (χ3v) is 6.68. The van der Waals surface area contributed by atoms with E-state index in [1.165, 1.54) is 37.8 Å². The smallest absolute Gasteiger partial charge is 0.321 e. The summed E-state index contributed by atoms with van der Waals surface area (Å²) in [5, 5.41) is 3.08. The van der Waals surface area contributed by atoms with Crippen molar-refractivity contribution >= 4 is 17.4 Å². The quantitative estimate of drug-likeness (QED) is 0.869. The molecule has 6 nitrogen and oxygen atoms in total. The van der Waals surface area contributed by atoms with Gasteiger partial charge in [-0.15, -0.1) is 0 Å². The standard InChI is InChI=1S/C22H35N5O/c1-24-11-13-25(14-12-24)21-9-7-19(8-10-21)23-22(28)27-17-15-26(16-18-27)20-5-3-2-4-6-20/h7-10,20H,2-6,11-18H2,1H3,(H,23,28). The second-order valence-electron chi connectivity index (χ2n) is 8.58. The zero-order chi connectivity index (χ0) is 19.3. The van der Waals surface area contributed by atoms with Crippen molar-refractivity contribution in [1.82, 2.24) is 14.7 Å². The fourth-order valence-corrected chi connectivity index (χ4v) is 4.76. The summed E-state index contributed by atoms with van der Waals surface area (Å²) in [4.78, 5) is 22.0. The number of urea groups is 1. The molecule has 2 amide bonds. The minimum absolute atomic E-state index is 0.0376. The van der Waals surface area contributed by atoms with E-state index in [0.29, 0.717) is 0 Å². The van der Waals surface area contributed by atoms with Crippen molar-refractivity contribution in [3.63, 3.8) is 0 Å². The van der Waals surface area contributed by atoms with E-state index < -0.39 is 0 Å². The topological polar surface area (TPSA) is 42.1 Å². The maximum absolute atomic E-state index is 12.7. The van der Waals surface area contributed by atoms with Crippen molar-refractivity contribution < 1.29 is 4.79 Å². The van der Waals surface area contributed by atoms with E-state index in [-0.39, 0.29) is 6.03 Å². The number of carbonyl (C=O) groups excluding carboxylic acids is 1. The van der Waals surface area contributed by atoms with Crippen molar-refractivity contribution in [3.05, 3.63) is 24.3 Å². The Balaban J connectivity index is 1.25. The largest absolute Gasteiger partial charge is 0.369 e. The molecule has 2 heterocycles. The SMILES string of the molecule is CN1CCN(c2ccc(NC(=O)N3CCN(C4CCCCC4)CC3)cc2)CC1. The van der Waals surface area contributed by atoms with Gasteiger partial charge in [-0.05, 0) is 44.2 Å². The molecule has 3 fully saturated rings. The van der Waals surface area contributed by atoms with Crippen LogP contribution in [0.4, 0.5) is 16.2 Å². The molecule has 0 aromatic heterocycles. The van der Waals surface area contributed by atoms with Crippen LogP contribution in [0.15, 0.2) is 24.3 Å². The molecule has 0 radical (unpaired) electrons. The Morgan fingerprint density at radius 3 is 2.14 bits per heavy atom. The molecule has 1 aromatic carbocycles. The highest BCUT2D eigenvalue weighted by Crippen LogP contribution is 2.24. The molecule has 1 aliphatic carbocycles. The zero-order valence-corrected chi connectivity index (χ0v) is 17.3. The number of rotatable bonds is 3. The monoisotopic (exact) mass is 385 g/mol. The molecule has 0 spiro atoms. The van der Waals surface area contributed by atoms with Crippen LogP contribution in [0.25, 0.3) is 0 Å². The molecule has 154 valence electrons. The fourth-order valence-electron chi connectivity index (χ4n) is 4.76. The van der Waals surface area contributed by atoms with Gasteiger partial charge in [0, 0.05) is 69.8 Å². The Kier molecular flexibility index (Phi) is 6.37. The summed E-state index contributed by atoms with van der Waals surface area (Å²) in [5.41, 5.74) is 2.13. The summed E-state index contributed by atoms with van der Waals surface area (Å²) in [6.07, 6.45) is 6.81. The van der Waals surface area contributed by atoms with Crippen molar-refractivity contribution in [2.75, 3.05) is 69.6 Å². The van der Waals surface area contributed by atoms with Gasteiger partial charge < -0.3 is 20.0 Å². The van der Waals surface area contributed by atoms with Gasteiger partial charge in [-0.3, -0.25) is 4.90 Å². The highest BCUT2D eigenvalue weighted by atomic mass is 16.2. The Morgan fingerprint density at radius 1 is 0.857 bits per heavy atom. The first-order valence-electron chi connectivity index (χ1n) is 11.0. The van der Waals surface area contributed by atoms with E-state index in [1.807, 2.05) is 17.0 Å². The maximum atomic E-state index is 12.7. The van der Waals surface area contributed by atoms with E-state index in [1.54, 1.807) is 0 Å². The average molecular weight is 386 g/mol. The van der Waals surface area contributed by atoms with Gasteiger partial charge in [0.2, 0.25) is 0 Å². The molecule has 28 heavy (non-hydrogen) atoms. The average Bonchev–Trinajstić information content (AvgIpc) is 2.76. The maximum Gasteiger partial charge on any atom is 0.321 e. The molecule has 4 rings (SSSR count). The summed E-state index contributed by atoms with van der Waals surface area (Å²) in [7, 11) is 2.17. The van der Waals surface area contributed by atoms with Crippen LogP contribution in [0.2, 0.25) is 0 Å². The van der Waals surface area contributed by atoms with Crippen LogP contribution in [-0.2, 0) is 0 Å². The van der Waals surface area contributed by atoms with Crippen LogP contribution < -0.4 is 10.2 Å². The van der Waals surface area contributed by atoms with Crippen molar-refractivity contribution in [2.45, 2.75) is 38.1 Å². The van der Waals surface area contributed by atoms with Gasteiger partial charge in [0.05, 0.1) is 0 Å². The molecule has 0 bridgehead atoms. The first kappa shape index (κ1) is 19.5. The summed E-state index contributed by atoms with van der Waals surface area (Å²) in [6, 6.07) is 9.11. The number of anilines is 2. The summed E-state index contributed by atoms with van der Waals surface area (Å²) in [6.45, 7) is 8.03. The highest BCUT2D eigenvalue weighted by molar-refractivity contribution is 5.89. The Bertz CT molecular complexity index is 627. The number of hydrogen-bond acceptors (Lipinski definition) is 4. The highest BCUT2D eigenvalue weighted by Gasteiger charge is 2.27. The molecule has 3 aliphatic rings. The Hall–Kier alpha value is -1.79. The minimum atomic E-state index is 0.0376. The van der Waals surface area contributed by atoms with Crippen LogP contribution in [0.1, 0.15) is 32.1 Å². The normalized spacial score (nSPS) is 23.0. The van der Waals surface area contributed by atoms with Crippen molar-refractivity contribution in [3.8, 4) is 0 Å². The molecule has 2 aliphatic heterocycles. The number of hydrogen-bond donors (Lipinski definition) is 1. The van der Waals surface area contributed by atoms with Gasteiger partial charge in [-0.1, -0.05) is 19.3 Å². The van der Waals surface area contributed by atoms with Gasteiger partial charge in [-0.25, -0.2) is 4.79 Å². The summed E-state index contributed by atoms with van der Waals surface area (Å²) < 4.78 is 0. The van der Waals surface area contributed by atoms with E-state index in [0.717, 1.165) is 64.1 Å². The lowest BCUT2D eigenvalue weighted by Gasteiger charge is -2.40. The molecular formula is C22H35N5O. The molecule has 0 atom stereocenters. The molecule has 0 unspecified atom stereocenters. The third-order valence-electron chi connectivity index (χ3n) is 6.68. The molecule has 2 saturated heterocycles. The van der Waals surface area contributed by atoms with Crippen molar-refractivity contribution in [2.24, 2.45) is 0 Å². The minimum Gasteiger partial charge on any atom is -0.369 e. The van der Waals surface area contributed by atoms with Crippen LogP contribution in [0.3, 0.4) is 0 Å². The van der Waals surface area contributed by atoms with Crippen LogP contribution >= 0.6 is 0 Å². The van der Waals surface area contributed by atoms with E-state index in [9.17, 15) is 4.79 Å². The van der Waals surface area contributed by atoms with Crippen molar-refractivity contribution in [1.29, 1.82) is 0 Å². The first-order valence-corrected chi connectivity index (χ1v) is 11.0. The number of nitrogens with one attached hydrogen (secondary N) is 1. The lowest BCUT2D eigenvalue weighted by molar-refractivity contribution is 0.0943. The number of amides is 2. The molecule has 1 saturated carbocycles. The summed E-state index contributed by atoms with van der Waals surface area (Å²) in [5.74, 6) is 0. The molecule has 6 heteroatoms. The number of nitrogens with zero attached hydrogens (tertiary/aromatic N) is 4. The van der Waals surface area contributed by atoms with Gasteiger partial charge in [-0.2, -0.15) is 0 Å². The fraction of sp³-hybridized carbons (Fsp3) is 0.682. The Labute approximate surface area is 169 Å². The van der Waals surface area contributed by atoms with Crippen LogP contribution in [0, 0.1) is 0 Å². The van der Waals surface area contributed by atoms with E-state index in [2.05, 4.69) is 39.2 Å². The lowest BCUT2D eigenvalue weighted by atomic mass is 9.94. The number of likely N-dealkylation sites (N-methyl/N-ethyl adjacent to an activating group) is 1. The summed E-state index contributed by atoms with van der Waals surface area (Å²) >= 11 is 0. The van der Waals surface area contributed by atoms with Gasteiger partial charge in [0.25, 0.3) is 0 Å². The molecule has 1 aromatic rings. The van der Waals surface area contributed by atoms with Crippen LogP contribution in [-0.4, -0.2) is 86.2 Å². The number of benzene rings is 1. The zero-order valence-electron chi connectivity index (χ0n) is 17.3. The molecule has 1 N–H and O–H groups in total. The van der Waals surface area contributed by atoms with Crippen LogP contribution in [0.5, 0.6) is 0 Å². The van der Waals surface area contributed by atoms with E-state index >= 15 is 0 Å². The van der Waals surface area contributed by atoms with E-state index in [4.69, 9.17) is 0 Å². The predicted octanol–water partition coefficient (Wildman–Crippen LogP) is 2.92. The van der Waals surface area contributed by atoms with Gasteiger partial charge >= 0.3 is 6.03 Å². The number of carbonyl (C=O) groups is 1. The Morgan fingerprint density at radius 2 is 1.50 bits per heavy atom. The predicted molar refractivity (Wildman–Crippen MR) is 115 cm³/mol. The first-order chi connectivity index (χ1) is 13.7.